The minimum Gasteiger partial charge on any atom is -0.333 e. The molecule has 1 aliphatic rings. The van der Waals surface area contributed by atoms with E-state index >= 15 is 0 Å². The zero-order chi connectivity index (χ0) is 13.0. The summed E-state index contributed by atoms with van der Waals surface area (Å²) in [5.74, 6) is 0.176. The quantitative estimate of drug-likeness (QED) is 0.803. The first-order valence-corrected chi connectivity index (χ1v) is 6.38. The molecule has 0 saturated carbocycles. The van der Waals surface area contributed by atoms with Gasteiger partial charge in [-0.1, -0.05) is 0 Å². The molecule has 1 atom stereocenters. The van der Waals surface area contributed by atoms with Crippen molar-refractivity contribution in [3.8, 4) is 0 Å². The van der Waals surface area contributed by atoms with E-state index in [4.69, 9.17) is 0 Å². The lowest BCUT2D eigenvalue weighted by atomic mass is 9.99. The van der Waals surface area contributed by atoms with Crippen LogP contribution in [-0.4, -0.2) is 52.9 Å². The van der Waals surface area contributed by atoms with Crippen LogP contribution in [0.3, 0.4) is 0 Å². The molecule has 1 unspecified atom stereocenters. The lowest BCUT2D eigenvalue weighted by Crippen LogP contribution is -2.43. The Morgan fingerprint density at radius 1 is 1.44 bits per heavy atom. The Morgan fingerprint density at radius 3 is 2.94 bits per heavy atom. The molecule has 5 heteroatoms. The number of hydrogen-bond donors (Lipinski definition) is 0. The molecule has 0 aromatic carbocycles. The Bertz CT molecular complexity index is 393. The summed E-state index contributed by atoms with van der Waals surface area (Å²) in [6.07, 6.45) is 8.34. The van der Waals surface area contributed by atoms with Crippen molar-refractivity contribution < 1.29 is 4.79 Å². The van der Waals surface area contributed by atoms with Gasteiger partial charge in [0.15, 0.2) is 0 Å². The first-order valence-electron chi connectivity index (χ1n) is 6.38. The summed E-state index contributed by atoms with van der Waals surface area (Å²) < 4.78 is 0. The monoisotopic (exact) mass is 248 g/mol. The van der Waals surface area contributed by atoms with Crippen LogP contribution in [0.5, 0.6) is 0 Å². The van der Waals surface area contributed by atoms with Gasteiger partial charge >= 0.3 is 0 Å². The van der Waals surface area contributed by atoms with Crippen molar-refractivity contribution in [2.75, 3.05) is 27.2 Å². The molecule has 5 nitrogen and oxygen atoms in total. The lowest BCUT2D eigenvalue weighted by Gasteiger charge is -2.35. The summed E-state index contributed by atoms with van der Waals surface area (Å²) in [4.78, 5) is 24.5. The van der Waals surface area contributed by atoms with Crippen LogP contribution in [0.4, 0.5) is 0 Å². The van der Waals surface area contributed by atoms with Crippen LogP contribution in [0, 0.1) is 0 Å². The number of amides is 1. The summed E-state index contributed by atoms with van der Waals surface area (Å²) in [6, 6.07) is 0.0971. The van der Waals surface area contributed by atoms with Crippen LogP contribution in [0.25, 0.3) is 0 Å². The topological polar surface area (TPSA) is 49.3 Å². The van der Waals surface area contributed by atoms with Crippen LogP contribution in [0.2, 0.25) is 0 Å². The molecule has 0 N–H and O–H groups in total. The molecule has 1 amide bonds. The predicted octanol–water partition coefficient (Wildman–Crippen LogP) is 1.09. The molecule has 1 fully saturated rings. The van der Waals surface area contributed by atoms with Crippen molar-refractivity contribution in [1.29, 1.82) is 0 Å². The number of nitrogens with zero attached hydrogens (tertiary/aromatic N) is 4. The molecule has 2 rings (SSSR count). The lowest BCUT2D eigenvalue weighted by molar-refractivity contribution is -0.135. The number of aromatic nitrogens is 2. The molecule has 1 aromatic rings. The van der Waals surface area contributed by atoms with E-state index in [-0.39, 0.29) is 11.9 Å². The van der Waals surface area contributed by atoms with E-state index in [0.29, 0.717) is 6.54 Å². The van der Waals surface area contributed by atoms with Gasteiger partial charge in [0.05, 0.1) is 24.5 Å². The highest BCUT2D eigenvalue weighted by molar-refractivity contribution is 5.78. The third-order valence-electron chi connectivity index (χ3n) is 3.20. The SMILES string of the molecule is CN(C)CC(=O)N1CCCCC1c1cnccn1. The number of likely N-dealkylation sites (tertiary alicyclic amines) is 1. The van der Waals surface area contributed by atoms with Gasteiger partial charge in [-0.3, -0.25) is 14.8 Å². The molecule has 2 heterocycles. The van der Waals surface area contributed by atoms with Gasteiger partial charge in [-0.05, 0) is 33.4 Å². The Hall–Kier alpha value is -1.49. The highest BCUT2D eigenvalue weighted by Crippen LogP contribution is 2.29. The average Bonchev–Trinajstić information content (AvgIpc) is 2.39. The van der Waals surface area contributed by atoms with Crippen molar-refractivity contribution in [2.24, 2.45) is 0 Å². The van der Waals surface area contributed by atoms with E-state index < -0.39 is 0 Å². The fraction of sp³-hybridized carbons (Fsp3) is 0.615. The van der Waals surface area contributed by atoms with Gasteiger partial charge < -0.3 is 9.80 Å². The van der Waals surface area contributed by atoms with Crippen molar-refractivity contribution in [1.82, 2.24) is 19.8 Å². The molecule has 0 aliphatic carbocycles. The largest absolute Gasteiger partial charge is 0.333 e. The standard InChI is InChI=1S/C13H20N4O/c1-16(2)10-13(18)17-8-4-3-5-12(17)11-9-14-6-7-15-11/h6-7,9,12H,3-5,8,10H2,1-2H3. The third kappa shape index (κ3) is 3.04. The van der Waals surface area contributed by atoms with E-state index in [2.05, 4.69) is 9.97 Å². The molecular formula is C13H20N4O. The van der Waals surface area contributed by atoms with E-state index in [9.17, 15) is 4.79 Å². The Kier molecular flexibility index (Phi) is 4.25. The van der Waals surface area contributed by atoms with Gasteiger partial charge in [-0.2, -0.15) is 0 Å². The molecule has 18 heavy (non-hydrogen) atoms. The Balaban J connectivity index is 2.13. The van der Waals surface area contributed by atoms with E-state index in [1.807, 2.05) is 23.9 Å². The molecule has 0 radical (unpaired) electrons. The number of hydrogen-bond acceptors (Lipinski definition) is 4. The van der Waals surface area contributed by atoms with Crippen molar-refractivity contribution >= 4 is 5.91 Å². The van der Waals surface area contributed by atoms with Gasteiger partial charge in [-0.15, -0.1) is 0 Å². The van der Waals surface area contributed by atoms with Gasteiger partial charge in [0, 0.05) is 18.9 Å². The first-order chi connectivity index (χ1) is 8.68. The van der Waals surface area contributed by atoms with Gasteiger partial charge in [0.25, 0.3) is 0 Å². The van der Waals surface area contributed by atoms with Crippen LogP contribution in [0.1, 0.15) is 31.0 Å². The fourth-order valence-corrected chi connectivity index (χ4v) is 2.38. The van der Waals surface area contributed by atoms with Crippen LogP contribution in [-0.2, 0) is 4.79 Å². The summed E-state index contributed by atoms with van der Waals surface area (Å²) in [6.45, 7) is 1.28. The van der Waals surface area contributed by atoms with E-state index in [0.717, 1.165) is 31.5 Å². The van der Waals surface area contributed by atoms with Gasteiger partial charge in [-0.25, -0.2) is 0 Å². The summed E-state index contributed by atoms with van der Waals surface area (Å²) in [5, 5.41) is 0. The average molecular weight is 248 g/mol. The number of piperidine rings is 1. The Morgan fingerprint density at radius 2 is 2.28 bits per heavy atom. The van der Waals surface area contributed by atoms with Crippen LogP contribution >= 0.6 is 0 Å². The number of carbonyl (C=O) groups is 1. The molecule has 98 valence electrons. The van der Waals surface area contributed by atoms with Crippen molar-refractivity contribution in [3.63, 3.8) is 0 Å². The van der Waals surface area contributed by atoms with Gasteiger partial charge in [0.1, 0.15) is 0 Å². The minimum absolute atomic E-state index is 0.0971. The smallest absolute Gasteiger partial charge is 0.237 e. The normalized spacial score (nSPS) is 20.2. The maximum absolute atomic E-state index is 12.2. The number of rotatable bonds is 3. The second-order valence-corrected chi connectivity index (χ2v) is 4.97. The molecule has 1 saturated heterocycles. The van der Waals surface area contributed by atoms with E-state index in [1.54, 1.807) is 18.6 Å². The zero-order valence-electron chi connectivity index (χ0n) is 11.0. The molecular weight excluding hydrogens is 228 g/mol. The molecule has 1 aliphatic heterocycles. The maximum Gasteiger partial charge on any atom is 0.237 e. The molecule has 0 bridgehead atoms. The minimum atomic E-state index is 0.0971. The second-order valence-electron chi connectivity index (χ2n) is 4.97. The summed E-state index contributed by atoms with van der Waals surface area (Å²) >= 11 is 0. The molecule has 0 spiro atoms. The maximum atomic E-state index is 12.2. The highest BCUT2D eigenvalue weighted by Gasteiger charge is 2.28. The second kappa shape index (κ2) is 5.91. The molecule has 1 aromatic heterocycles. The fourth-order valence-electron chi connectivity index (χ4n) is 2.38. The van der Waals surface area contributed by atoms with Crippen molar-refractivity contribution in [3.05, 3.63) is 24.3 Å². The number of likely N-dealkylation sites (N-methyl/N-ethyl adjacent to an activating group) is 1. The first kappa shape index (κ1) is 13.0. The zero-order valence-corrected chi connectivity index (χ0v) is 11.0. The highest BCUT2D eigenvalue weighted by atomic mass is 16.2. The van der Waals surface area contributed by atoms with Gasteiger partial charge in [0.2, 0.25) is 5.91 Å². The number of carbonyl (C=O) groups excluding carboxylic acids is 1. The summed E-state index contributed by atoms with van der Waals surface area (Å²) in [5.41, 5.74) is 0.907. The third-order valence-corrected chi connectivity index (χ3v) is 3.20. The van der Waals surface area contributed by atoms with Crippen molar-refractivity contribution in [2.45, 2.75) is 25.3 Å². The van der Waals surface area contributed by atoms with E-state index in [1.165, 1.54) is 0 Å². The van der Waals surface area contributed by atoms with Crippen LogP contribution < -0.4 is 0 Å². The summed E-state index contributed by atoms with van der Waals surface area (Å²) in [7, 11) is 3.83. The Labute approximate surface area is 108 Å². The predicted molar refractivity (Wildman–Crippen MR) is 68.9 cm³/mol. The van der Waals surface area contributed by atoms with Crippen LogP contribution in [0.15, 0.2) is 18.6 Å².